The first-order valence-electron chi connectivity index (χ1n) is 8.68. The Balaban J connectivity index is 1.96. The number of halogens is 1. The zero-order valence-corrected chi connectivity index (χ0v) is 18.5. The standard InChI is InChI=1S/C20H19ClN2O5S2/c1-14-11-12-15(22-29(24,25)19-10-6-3-7-16(19)21)13-20(14)30(26,27)23-17-8-4-5-9-18(17)28-2/h3-13,22-23H,1-2H3. The Bertz CT molecular complexity index is 1290. The van der Waals surface area contributed by atoms with Gasteiger partial charge < -0.3 is 4.74 Å². The molecule has 0 spiro atoms. The van der Waals surface area contributed by atoms with Gasteiger partial charge in [0.25, 0.3) is 20.0 Å². The molecule has 0 unspecified atom stereocenters. The quantitative estimate of drug-likeness (QED) is 0.541. The predicted octanol–water partition coefficient (Wildman–Crippen LogP) is 4.26. The third-order valence-corrected chi connectivity index (χ3v) is 7.60. The minimum Gasteiger partial charge on any atom is -0.495 e. The van der Waals surface area contributed by atoms with Gasteiger partial charge in [-0.15, -0.1) is 0 Å². The van der Waals surface area contributed by atoms with Crippen LogP contribution in [0.15, 0.2) is 76.5 Å². The van der Waals surface area contributed by atoms with E-state index in [-0.39, 0.29) is 26.2 Å². The van der Waals surface area contributed by atoms with Crippen molar-refractivity contribution in [2.75, 3.05) is 16.6 Å². The highest BCUT2D eigenvalue weighted by molar-refractivity contribution is 7.93. The molecule has 0 saturated heterocycles. The summed E-state index contributed by atoms with van der Waals surface area (Å²) in [5.41, 5.74) is 0.792. The van der Waals surface area contributed by atoms with Gasteiger partial charge in [0.15, 0.2) is 0 Å². The smallest absolute Gasteiger partial charge is 0.263 e. The largest absolute Gasteiger partial charge is 0.495 e. The van der Waals surface area contributed by atoms with Gasteiger partial charge in [-0.3, -0.25) is 9.44 Å². The van der Waals surface area contributed by atoms with Gasteiger partial charge >= 0.3 is 0 Å². The van der Waals surface area contributed by atoms with Gasteiger partial charge in [0.2, 0.25) is 0 Å². The Kier molecular flexibility index (Phi) is 6.25. The minimum atomic E-state index is -4.02. The SMILES string of the molecule is COc1ccccc1NS(=O)(=O)c1cc(NS(=O)(=O)c2ccccc2Cl)ccc1C. The van der Waals surface area contributed by atoms with Gasteiger partial charge in [-0.2, -0.15) is 0 Å². The lowest BCUT2D eigenvalue weighted by atomic mass is 10.2. The summed E-state index contributed by atoms with van der Waals surface area (Å²) in [4.78, 5) is -0.184. The summed E-state index contributed by atoms with van der Waals surface area (Å²) in [6, 6.07) is 16.8. The molecule has 0 amide bonds. The first-order chi connectivity index (χ1) is 14.1. The van der Waals surface area contributed by atoms with Crippen LogP contribution in [0, 0.1) is 6.92 Å². The maximum atomic E-state index is 13.0. The second-order valence-corrected chi connectivity index (χ2v) is 10.0. The lowest BCUT2D eigenvalue weighted by molar-refractivity contribution is 0.417. The Labute approximate surface area is 180 Å². The van der Waals surface area contributed by atoms with Crippen molar-refractivity contribution in [2.45, 2.75) is 16.7 Å². The van der Waals surface area contributed by atoms with Crippen LogP contribution >= 0.6 is 11.6 Å². The molecule has 0 heterocycles. The lowest BCUT2D eigenvalue weighted by Crippen LogP contribution is -2.17. The van der Waals surface area contributed by atoms with E-state index >= 15 is 0 Å². The number of nitrogens with one attached hydrogen (secondary N) is 2. The highest BCUT2D eigenvalue weighted by Gasteiger charge is 2.22. The number of sulfonamides is 2. The minimum absolute atomic E-state index is 0.0581. The molecule has 10 heteroatoms. The predicted molar refractivity (Wildman–Crippen MR) is 117 cm³/mol. The second-order valence-electron chi connectivity index (χ2n) is 6.32. The number of methoxy groups -OCH3 is 1. The first kappa shape index (κ1) is 21.9. The Morgan fingerprint density at radius 1 is 0.800 bits per heavy atom. The van der Waals surface area contributed by atoms with Crippen LogP contribution < -0.4 is 14.2 Å². The molecular weight excluding hydrogens is 448 g/mol. The van der Waals surface area contributed by atoms with Crippen LogP contribution in [0.3, 0.4) is 0 Å². The van der Waals surface area contributed by atoms with E-state index in [1.807, 2.05) is 0 Å². The molecule has 2 N–H and O–H groups in total. The molecule has 0 aliphatic rings. The Morgan fingerprint density at radius 3 is 2.13 bits per heavy atom. The van der Waals surface area contributed by atoms with Gasteiger partial charge in [0, 0.05) is 0 Å². The highest BCUT2D eigenvalue weighted by atomic mass is 35.5. The number of para-hydroxylation sites is 2. The average Bonchev–Trinajstić information content (AvgIpc) is 2.69. The van der Waals surface area contributed by atoms with E-state index in [4.69, 9.17) is 16.3 Å². The number of anilines is 2. The van der Waals surface area contributed by atoms with E-state index in [9.17, 15) is 16.8 Å². The third-order valence-electron chi connectivity index (χ3n) is 4.21. The summed E-state index contributed by atoms with van der Waals surface area (Å²) in [6.45, 7) is 1.61. The highest BCUT2D eigenvalue weighted by Crippen LogP contribution is 2.29. The number of benzene rings is 3. The molecule has 3 aromatic rings. The second kappa shape index (κ2) is 8.55. The van der Waals surface area contributed by atoms with Crippen molar-refractivity contribution in [2.24, 2.45) is 0 Å². The molecule has 0 fully saturated rings. The summed E-state index contributed by atoms with van der Waals surface area (Å²) in [5, 5.41) is 0.0581. The summed E-state index contributed by atoms with van der Waals surface area (Å²) in [6.07, 6.45) is 0. The fraction of sp³-hybridized carbons (Fsp3) is 0.100. The van der Waals surface area contributed by atoms with E-state index in [1.54, 1.807) is 43.3 Å². The molecule has 158 valence electrons. The molecule has 0 radical (unpaired) electrons. The molecule has 7 nitrogen and oxygen atoms in total. The van der Waals surface area contributed by atoms with Crippen LogP contribution in [-0.2, 0) is 20.0 Å². The third kappa shape index (κ3) is 4.69. The fourth-order valence-electron chi connectivity index (χ4n) is 2.75. The van der Waals surface area contributed by atoms with Crippen molar-refractivity contribution in [1.29, 1.82) is 0 Å². The molecule has 0 aromatic heterocycles. The molecule has 3 aromatic carbocycles. The fourth-order valence-corrected chi connectivity index (χ4v) is 5.67. The van der Waals surface area contributed by atoms with Crippen LogP contribution in [-0.4, -0.2) is 23.9 Å². The molecule has 3 rings (SSSR count). The van der Waals surface area contributed by atoms with E-state index in [2.05, 4.69) is 9.44 Å². The van der Waals surface area contributed by atoms with Gasteiger partial charge in [-0.1, -0.05) is 41.9 Å². The molecule has 0 aliphatic carbocycles. The van der Waals surface area contributed by atoms with Gasteiger partial charge in [0.1, 0.15) is 10.6 Å². The number of hydrogen-bond donors (Lipinski definition) is 2. The molecule has 0 aliphatic heterocycles. The van der Waals surface area contributed by atoms with Crippen LogP contribution in [0.25, 0.3) is 0 Å². The summed E-state index contributed by atoms with van der Waals surface area (Å²) in [7, 11) is -6.59. The maximum absolute atomic E-state index is 13.0. The Hall–Kier alpha value is -2.75. The van der Waals surface area contributed by atoms with Crippen LogP contribution in [0.4, 0.5) is 11.4 Å². The normalized spacial score (nSPS) is 11.7. The number of ether oxygens (including phenoxy) is 1. The van der Waals surface area contributed by atoms with Gasteiger partial charge in [0.05, 0.1) is 28.4 Å². The van der Waals surface area contributed by atoms with Crippen molar-refractivity contribution in [3.8, 4) is 5.75 Å². The number of hydrogen-bond acceptors (Lipinski definition) is 5. The average molecular weight is 467 g/mol. The van der Waals surface area contributed by atoms with Crippen LogP contribution in [0.5, 0.6) is 5.75 Å². The molecular formula is C20H19ClN2O5S2. The lowest BCUT2D eigenvalue weighted by Gasteiger charge is -2.15. The monoisotopic (exact) mass is 466 g/mol. The van der Waals surface area contributed by atoms with Crippen LogP contribution in [0.1, 0.15) is 5.56 Å². The van der Waals surface area contributed by atoms with Crippen molar-refractivity contribution in [1.82, 2.24) is 0 Å². The topological polar surface area (TPSA) is 102 Å². The molecule has 0 bridgehead atoms. The van der Waals surface area contributed by atoms with Crippen molar-refractivity contribution in [3.63, 3.8) is 0 Å². The summed E-state index contributed by atoms with van der Waals surface area (Å²) >= 11 is 5.99. The molecule has 0 saturated carbocycles. The summed E-state index contributed by atoms with van der Waals surface area (Å²) < 4.78 is 61.3. The van der Waals surface area contributed by atoms with Crippen molar-refractivity contribution in [3.05, 3.63) is 77.3 Å². The maximum Gasteiger partial charge on any atom is 0.263 e. The molecule has 0 atom stereocenters. The van der Waals surface area contributed by atoms with Gasteiger partial charge in [-0.05, 0) is 48.9 Å². The van der Waals surface area contributed by atoms with Crippen LogP contribution in [0.2, 0.25) is 5.02 Å². The van der Waals surface area contributed by atoms with Gasteiger partial charge in [-0.25, -0.2) is 16.8 Å². The summed E-state index contributed by atoms with van der Waals surface area (Å²) in [5.74, 6) is 0.356. The van der Waals surface area contributed by atoms with E-state index in [0.29, 0.717) is 11.3 Å². The van der Waals surface area contributed by atoms with Crippen molar-refractivity contribution < 1.29 is 21.6 Å². The van der Waals surface area contributed by atoms with E-state index in [0.717, 1.165) is 0 Å². The van der Waals surface area contributed by atoms with Crippen molar-refractivity contribution >= 4 is 43.0 Å². The number of rotatable bonds is 7. The number of aryl methyl sites for hydroxylation is 1. The molecule has 30 heavy (non-hydrogen) atoms. The van der Waals surface area contributed by atoms with E-state index in [1.165, 1.54) is 37.4 Å². The van der Waals surface area contributed by atoms with E-state index < -0.39 is 20.0 Å². The zero-order valence-electron chi connectivity index (χ0n) is 16.1. The zero-order chi connectivity index (χ0) is 21.9. The first-order valence-corrected chi connectivity index (χ1v) is 12.0. The Morgan fingerprint density at radius 2 is 1.43 bits per heavy atom.